The van der Waals surface area contributed by atoms with Crippen molar-refractivity contribution in [3.63, 3.8) is 0 Å². The lowest BCUT2D eigenvalue weighted by atomic mass is 10.1. The lowest BCUT2D eigenvalue weighted by Gasteiger charge is -2.11. The molecule has 1 aliphatic rings. The summed E-state index contributed by atoms with van der Waals surface area (Å²) >= 11 is 0. The molecule has 92 valence electrons. The molecule has 16 heavy (non-hydrogen) atoms. The highest BCUT2D eigenvalue weighted by atomic mass is 16.4. The lowest BCUT2D eigenvalue weighted by Crippen LogP contribution is -2.38. The number of hydrogen-bond acceptors (Lipinski definition) is 3. The Morgan fingerprint density at radius 3 is 2.62 bits per heavy atom. The first-order valence-electron chi connectivity index (χ1n) is 5.83. The van der Waals surface area contributed by atoms with Gasteiger partial charge in [-0.3, -0.25) is 9.59 Å². The average Bonchev–Trinajstić information content (AvgIpc) is 3.02. The Hall–Kier alpha value is -1.10. The van der Waals surface area contributed by atoms with Crippen molar-refractivity contribution in [2.24, 2.45) is 11.8 Å². The van der Waals surface area contributed by atoms with Crippen molar-refractivity contribution in [3.05, 3.63) is 0 Å². The second-order valence-electron chi connectivity index (χ2n) is 4.32. The molecule has 1 unspecified atom stereocenters. The highest BCUT2D eigenvalue weighted by molar-refractivity contribution is 5.79. The molecular weight excluding hydrogens is 208 g/mol. The zero-order valence-electron chi connectivity index (χ0n) is 9.66. The number of nitrogens with one attached hydrogen (secondary N) is 2. The summed E-state index contributed by atoms with van der Waals surface area (Å²) in [6, 6.07) is 0. The first-order chi connectivity index (χ1) is 7.63. The smallest absolute Gasteiger partial charge is 0.308 e. The van der Waals surface area contributed by atoms with Crippen LogP contribution in [0.3, 0.4) is 0 Å². The van der Waals surface area contributed by atoms with Crippen molar-refractivity contribution in [1.82, 2.24) is 10.6 Å². The molecule has 0 saturated heterocycles. The normalized spacial score (nSPS) is 16.8. The van der Waals surface area contributed by atoms with E-state index in [1.807, 2.05) is 0 Å². The zero-order valence-corrected chi connectivity index (χ0v) is 9.66. The van der Waals surface area contributed by atoms with E-state index in [2.05, 4.69) is 10.6 Å². The number of rotatable bonds is 8. The summed E-state index contributed by atoms with van der Waals surface area (Å²) in [6.07, 6.45) is 3.04. The van der Waals surface area contributed by atoms with E-state index in [0.29, 0.717) is 6.42 Å². The van der Waals surface area contributed by atoms with E-state index in [9.17, 15) is 9.59 Å². The summed E-state index contributed by atoms with van der Waals surface area (Å²) in [5.41, 5.74) is 0. The number of hydrogen-bond donors (Lipinski definition) is 3. The fourth-order valence-electron chi connectivity index (χ4n) is 1.42. The van der Waals surface area contributed by atoms with E-state index in [4.69, 9.17) is 5.11 Å². The van der Waals surface area contributed by atoms with Crippen LogP contribution >= 0.6 is 0 Å². The molecule has 1 rings (SSSR count). The average molecular weight is 228 g/mol. The van der Waals surface area contributed by atoms with Gasteiger partial charge < -0.3 is 15.7 Å². The van der Waals surface area contributed by atoms with Gasteiger partial charge in [0.25, 0.3) is 0 Å². The molecule has 0 radical (unpaired) electrons. The Morgan fingerprint density at radius 2 is 2.12 bits per heavy atom. The van der Waals surface area contributed by atoms with E-state index in [-0.39, 0.29) is 19.0 Å². The van der Waals surface area contributed by atoms with Crippen molar-refractivity contribution >= 4 is 11.9 Å². The second kappa shape index (κ2) is 6.48. The molecule has 0 bridgehead atoms. The van der Waals surface area contributed by atoms with Crippen LogP contribution in [-0.4, -0.2) is 36.6 Å². The summed E-state index contributed by atoms with van der Waals surface area (Å²) in [5.74, 6) is -0.711. The van der Waals surface area contributed by atoms with Gasteiger partial charge in [-0.15, -0.1) is 0 Å². The van der Waals surface area contributed by atoms with Gasteiger partial charge in [-0.05, 0) is 31.7 Å². The number of carboxylic acid groups (broad SMARTS) is 1. The molecule has 1 fully saturated rings. The van der Waals surface area contributed by atoms with Gasteiger partial charge in [-0.2, -0.15) is 0 Å². The predicted octanol–water partition coefficient (Wildman–Crippen LogP) is 0.213. The van der Waals surface area contributed by atoms with Gasteiger partial charge in [0.05, 0.1) is 12.5 Å². The van der Waals surface area contributed by atoms with Gasteiger partial charge in [0.1, 0.15) is 0 Å². The third-order valence-corrected chi connectivity index (χ3v) is 2.80. The van der Waals surface area contributed by atoms with Gasteiger partial charge in [0.15, 0.2) is 0 Å². The fourth-order valence-corrected chi connectivity index (χ4v) is 1.42. The fraction of sp³-hybridized carbons (Fsp3) is 0.818. The van der Waals surface area contributed by atoms with E-state index < -0.39 is 11.9 Å². The maximum Gasteiger partial charge on any atom is 0.308 e. The van der Waals surface area contributed by atoms with E-state index in [0.717, 1.165) is 12.5 Å². The van der Waals surface area contributed by atoms with Crippen molar-refractivity contribution in [2.75, 3.05) is 19.6 Å². The van der Waals surface area contributed by atoms with E-state index in [1.54, 1.807) is 6.92 Å². The highest BCUT2D eigenvalue weighted by Crippen LogP contribution is 2.27. The minimum absolute atomic E-state index is 0.125. The molecule has 3 N–H and O–H groups in total. The van der Waals surface area contributed by atoms with Crippen LogP contribution in [0.2, 0.25) is 0 Å². The molecule has 0 aromatic heterocycles. The number of carboxylic acids is 1. The Morgan fingerprint density at radius 1 is 1.44 bits per heavy atom. The molecule has 1 saturated carbocycles. The summed E-state index contributed by atoms with van der Waals surface area (Å²) in [5, 5.41) is 14.5. The zero-order chi connectivity index (χ0) is 12.0. The molecule has 0 aromatic carbocycles. The third-order valence-electron chi connectivity index (χ3n) is 2.80. The Kier molecular flexibility index (Phi) is 5.25. The lowest BCUT2D eigenvalue weighted by molar-refractivity contribution is -0.141. The van der Waals surface area contributed by atoms with Crippen LogP contribution in [0, 0.1) is 11.8 Å². The summed E-state index contributed by atoms with van der Waals surface area (Å²) in [4.78, 5) is 22.0. The number of amides is 1. The van der Waals surface area contributed by atoms with Crippen LogP contribution in [-0.2, 0) is 9.59 Å². The van der Waals surface area contributed by atoms with Gasteiger partial charge in [0, 0.05) is 6.54 Å². The van der Waals surface area contributed by atoms with E-state index >= 15 is 0 Å². The number of carbonyl (C=O) groups is 2. The Balaban J connectivity index is 2.05. The molecule has 1 atom stereocenters. The van der Waals surface area contributed by atoms with Gasteiger partial charge in [-0.1, -0.05) is 6.92 Å². The third kappa shape index (κ3) is 5.11. The van der Waals surface area contributed by atoms with Crippen molar-refractivity contribution in [1.29, 1.82) is 0 Å². The Bertz CT molecular complexity index is 252. The molecular formula is C11H20N2O3. The summed E-state index contributed by atoms with van der Waals surface area (Å²) < 4.78 is 0. The Labute approximate surface area is 95.6 Å². The first-order valence-corrected chi connectivity index (χ1v) is 5.83. The number of carbonyl (C=O) groups excluding carboxylic acids is 1. The van der Waals surface area contributed by atoms with Crippen LogP contribution in [0.5, 0.6) is 0 Å². The first kappa shape index (κ1) is 13.0. The van der Waals surface area contributed by atoms with Crippen molar-refractivity contribution < 1.29 is 14.7 Å². The minimum atomic E-state index is -0.853. The molecule has 1 amide bonds. The summed E-state index contributed by atoms with van der Waals surface area (Å²) in [6.45, 7) is 3.20. The van der Waals surface area contributed by atoms with Crippen LogP contribution in [0.4, 0.5) is 0 Å². The van der Waals surface area contributed by atoms with Crippen LogP contribution in [0.25, 0.3) is 0 Å². The number of aliphatic carboxylic acids is 1. The predicted molar refractivity (Wildman–Crippen MR) is 60.0 cm³/mol. The van der Waals surface area contributed by atoms with Crippen molar-refractivity contribution in [3.8, 4) is 0 Å². The minimum Gasteiger partial charge on any atom is -0.481 e. The van der Waals surface area contributed by atoms with Crippen LogP contribution in [0.1, 0.15) is 26.2 Å². The highest BCUT2D eigenvalue weighted by Gasteiger charge is 2.21. The van der Waals surface area contributed by atoms with E-state index in [1.165, 1.54) is 12.8 Å². The van der Waals surface area contributed by atoms with Crippen LogP contribution in [0.15, 0.2) is 0 Å². The van der Waals surface area contributed by atoms with Gasteiger partial charge >= 0.3 is 5.97 Å². The molecule has 0 heterocycles. The molecule has 0 spiro atoms. The van der Waals surface area contributed by atoms with Crippen LogP contribution < -0.4 is 10.6 Å². The standard InChI is InChI=1S/C11H20N2O3/c1-2-9(11(15)16)6-13-10(14)7-12-5-8-3-4-8/h8-9,12H,2-7H2,1H3,(H,13,14)(H,15,16). The second-order valence-corrected chi connectivity index (χ2v) is 4.32. The monoisotopic (exact) mass is 228 g/mol. The maximum atomic E-state index is 11.3. The summed E-state index contributed by atoms with van der Waals surface area (Å²) in [7, 11) is 0. The molecule has 0 aromatic rings. The SMILES string of the molecule is CCC(CNC(=O)CNCC1CC1)C(=O)O. The molecule has 5 nitrogen and oxygen atoms in total. The van der Waals surface area contributed by atoms with Gasteiger partial charge in [0.2, 0.25) is 5.91 Å². The van der Waals surface area contributed by atoms with Gasteiger partial charge in [-0.25, -0.2) is 0 Å². The molecule has 1 aliphatic carbocycles. The maximum absolute atomic E-state index is 11.3. The molecule has 0 aliphatic heterocycles. The quantitative estimate of drug-likeness (QED) is 0.555. The topological polar surface area (TPSA) is 78.4 Å². The largest absolute Gasteiger partial charge is 0.481 e. The molecule has 5 heteroatoms. The van der Waals surface area contributed by atoms with Crippen molar-refractivity contribution in [2.45, 2.75) is 26.2 Å².